The van der Waals surface area contributed by atoms with E-state index in [2.05, 4.69) is 5.32 Å². The summed E-state index contributed by atoms with van der Waals surface area (Å²) >= 11 is 0. The van der Waals surface area contributed by atoms with Crippen LogP contribution in [0.1, 0.15) is 54.9 Å². The second-order valence-corrected chi connectivity index (χ2v) is 9.66. The monoisotopic (exact) mass is 428 g/mol. The molecule has 1 amide bonds. The molecule has 0 aromatic heterocycles. The first-order valence-corrected chi connectivity index (χ1v) is 11.7. The minimum absolute atomic E-state index is 0.102. The van der Waals surface area contributed by atoms with Crippen LogP contribution in [0.2, 0.25) is 0 Å². The van der Waals surface area contributed by atoms with Crippen LogP contribution in [0.4, 0.5) is 0 Å². The van der Waals surface area contributed by atoms with E-state index in [-0.39, 0.29) is 22.5 Å². The summed E-state index contributed by atoms with van der Waals surface area (Å²) in [6, 6.07) is 15.1. The van der Waals surface area contributed by atoms with E-state index >= 15 is 0 Å². The van der Waals surface area contributed by atoms with Crippen molar-refractivity contribution in [2.75, 3.05) is 13.1 Å². The molecule has 2 atom stereocenters. The fourth-order valence-electron chi connectivity index (χ4n) is 3.72. The first-order chi connectivity index (χ1) is 14.3. The van der Waals surface area contributed by atoms with Gasteiger partial charge >= 0.3 is 0 Å². The van der Waals surface area contributed by atoms with Gasteiger partial charge in [-0.25, -0.2) is 8.42 Å². The van der Waals surface area contributed by atoms with Gasteiger partial charge in [0.25, 0.3) is 0 Å². The predicted molar refractivity (Wildman–Crippen MR) is 116 cm³/mol. The summed E-state index contributed by atoms with van der Waals surface area (Å²) in [5.41, 5.74) is 1.58. The number of carbonyl (C=O) groups excluding carboxylic acids is 2. The molecule has 2 aromatic carbocycles. The molecule has 1 N–H and O–H groups in total. The third-order valence-electron chi connectivity index (χ3n) is 5.57. The van der Waals surface area contributed by atoms with Crippen LogP contribution in [0.5, 0.6) is 0 Å². The zero-order valence-corrected chi connectivity index (χ0v) is 18.2. The maximum atomic E-state index is 13.2. The van der Waals surface area contributed by atoms with Gasteiger partial charge in [-0.3, -0.25) is 9.59 Å². The van der Waals surface area contributed by atoms with Gasteiger partial charge in [0.1, 0.15) is 6.04 Å². The van der Waals surface area contributed by atoms with E-state index in [9.17, 15) is 18.0 Å². The number of ketones is 1. The topological polar surface area (TPSA) is 83.6 Å². The van der Waals surface area contributed by atoms with E-state index in [1.807, 2.05) is 37.3 Å². The Balaban J connectivity index is 1.73. The molecule has 2 aromatic rings. The second kappa shape index (κ2) is 9.53. The fraction of sp³-hybridized carbons (Fsp3) is 0.391. The van der Waals surface area contributed by atoms with E-state index in [4.69, 9.17) is 0 Å². The Kier molecular flexibility index (Phi) is 7.05. The molecule has 0 aliphatic carbocycles. The zero-order valence-electron chi connectivity index (χ0n) is 17.4. The number of amides is 1. The molecular weight excluding hydrogens is 400 g/mol. The lowest BCUT2D eigenvalue weighted by molar-refractivity contribution is -0.125. The highest BCUT2D eigenvalue weighted by atomic mass is 32.2. The van der Waals surface area contributed by atoms with Gasteiger partial charge in [0.2, 0.25) is 15.9 Å². The molecule has 6 nitrogen and oxygen atoms in total. The molecule has 160 valence electrons. The van der Waals surface area contributed by atoms with Crippen LogP contribution in [0.15, 0.2) is 59.5 Å². The van der Waals surface area contributed by atoms with Crippen LogP contribution in [-0.4, -0.2) is 43.5 Å². The first kappa shape index (κ1) is 22.2. The summed E-state index contributed by atoms with van der Waals surface area (Å²) in [5, 5.41) is 2.94. The molecule has 7 heteroatoms. The number of benzene rings is 2. The third-order valence-corrected chi connectivity index (χ3v) is 7.50. The molecule has 1 fully saturated rings. The van der Waals surface area contributed by atoms with Gasteiger partial charge in [0.15, 0.2) is 5.78 Å². The minimum atomic E-state index is -3.83. The number of Topliss-reactive ketones (excluding diaryl/α,β-unsaturated/α-hetero) is 1. The second-order valence-electron chi connectivity index (χ2n) is 7.76. The highest BCUT2D eigenvalue weighted by Gasteiger charge is 2.37. The van der Waals surface area contributed by atoms with Crippen LogP contribution in [-0.2, 0) is 14.8 Å². The Bertz CT molecular complexity index is 988. The van der Waals surface area contributed by atoms with Crippen LogP contribution < -0.4 is 5.32 Å². The van der Waals surface area contributed by atoms with Crippen molar-refractivity contribution >= 4 is 21.7 Å². The van der Waals surface area contributed by atoms with E-state index in [1.165, 1.54) is 35.5 Å². The maximum absolute atomic E-state index is 13.2. The quantitative estimate of drug-likeness (QED) is 0.686. The molecule has 0 spiro atoms. The number of hydrogen-bond acceptors (Lipinski definition) is 4. The van der Waals surface area contributed by atoms with Crippen LogP contribution in [0.3, 0.4) is 0 Å². The number of nitrogens with zero attached hydrogens (tertiary/aromatic N) is 1. The normalized spacial score (nSPS) is 18.5. The third kappa shape index (κ3) is 4.96. The highest BCUT2D eigenvalue weighted by molar-refractivity contribution is 7.89. The van der Waals surface area contributed by atoms with Crippen molar-refractivity contribution in [1.29, 1.82) is 0 Å². The Morgan fingerprint density at radius 3 is 2.37 bits per heavy atom. The summed E-state index contributed by atoms with van der Waals surface area (Å²) in [6.07, 6.45) is 2.02. The largest absolute Gasteiger partial charge is 0.354 e. The van der Waals surface area contributed by atoms with E-state index in [1.54, 1.807) is 0 Å². The van der Waals surface area contributed by atoms with Gasteiger partial charge in [0.05, 0.1) is 4.90 Å². The summed E-state index contributed by atoms with van der Waals surface area (Å²) in [6.45, 7) is 4.22. The molecule has 0 bridgehead atoms. The highest BCUT2D eigenvalue weighted by Crippen LogP contribution is 2.26. The van der Waals surface area contributed by atoms with Crippen LogP contribution in [0, 0.1) is 0 Å². The number of sulfonamides is 1. The van der Waals surface area contributed by atoms with Gasteiger partial charge < -0.3 is 5.32 Å². The molecule has 3 rings (SSSR count). The van der Waals surface area contributed by atoms with Crippen molar-refractivity contribution in [3.63, 3.8) is 0 Å². The number of piperidine rings is 1. The summed E-state index contributed by atoms with van der Waals surface area (Å²) in [7, 11) is -3.83. The van der Waals surface area contributed by atoms with Crippen LogP contribution >= 0.6 is 0 Å². The van der Waals surface area contributed by atoms with Crippen molar-refractivity contribution in [2.24, 2.45) is 0 Å². The molecule has 0 saturated carbocycles. The predicted octanol–water partition coefficient (Wildman–Crippen LogP) is 3.35. The number of rotatable bonds is 7. The molecule has 1 heterocycles. The van der Waals surface area contributed by atoms with Crippen molar-refractivity contribution < 1.29 is 18.0 Å². The SMILES string of the molecule is CC(=O)c1ccc(S(=O)(=O)N2CCCCC2C(=O)NCC(C)c2ccccc2)cc1. The average Bonchev–Trinajstić information content (AvgIpc) is 2.77. The minimum Gasteiger partial charge on any atom is -0.354 e. The van der Waals surface area contributed by atoms with Gasteiger partial charge in [-0.05, 0) is 43.4 Å². The Labute approximate surface area is 178 Å². The van der Waals surface area contributed by atoms with Crippen molar-refractivity contribution in [2.45, 2.75) is 50.0 Å². The Hall–Kier alpha value is -2.51. The van der Waals surface area contributed by atoms with Gasteiger partial charge in [-0.2, -0.15) is 4.31 Å². The summed E-state index contributed by atoms with van der Waals surface area (Å²) in [5.74, 6) is -0.258. The molecule has 2 unspecified atom stereocenters. The molecular formula is C23H28N2O4S. The molecule has 0 radical (unpaired) electrons. The lowest BCUT2D eigenvalue weighted by Gasteiger charge is -2.34. The molecule has 1 aliphatic rings. The molecule has 1 saturated heterocycles. The number of carbonyl (C=O) groups is 2. The first-order valence-electron chi connectivity index (χ1n) is 10.3. The lowest BCUT2D eigenvalue weighted by atomic mass is 10.0. The standard InChI is InChI=1S/C23H28N2O4S/c1-17(19-8-4-3-5-9-19)16-24-23(27)22-10-6-7-15-25(22)30(28,29)21-13-11-20(12-14-21)18(2)26/h3-5,8-9,11-14,17,22H,6-7,10,15-16H2,1-2H3,(H,24,27). The smallest absolute Gasteiger partial charge is 0.243 e. The fourth-order valence-corrected chi connectivity index (χ4v) is 5.38. The number of nitrogens with one attached hydrogen (secondary N) is 1. The summed E-state index contributed by atoms with van der Waals surface area (Å²) in [4.78, 5) is 24.5. The van der Waals surface area contributed by atoms with E-state index in [0.29, 0.717) is 25.1 Å². The van der Waals surface area contributed by atoms with E-state index in [0.717, 1.165) is 18.4 Å². The van der Waals surface area contributed by atoms with Crippen molar-refractivity contribution in [1.82, 2.24) is 9.62 Å². The van der Waals surface area contributed by atoms with Crippen LogP contribution in [0.25, 0.3) is 0 Å². The maximum Gasteiger partial charge on any atom is 0.243 e. The Morgan fingerprint density at radius 1 is 1.07 bits per heavy atom. The molecule has 30 heavy (non-hydrogen) atoms. The molecule has 1 aliphatic heterocycles. The Morgan fingerprint density at radius 2 is 1.73 bits per heavy atom. The van der Waals surface area contributed by atoms with Gasteiger partial charge in [0, 0.05) is 18.7 Å². The summed E-state index contributed by atoms with van der Waals surface area (Å²) < 4.78 is 27.7. The zero-order chi connectivity index (χ0) is 21.7. The van der Waals surface area contributed by atoms with Crippen molar-refractivity contribution in [3.05, 3.63) is 65.7 Å². The van der Waals surface area contributed by atoms with Gasteiger partial charge in [-0.1, -0.05) is 55.8 Å². The number of hydrogen-bond donors (Lipinski definition) is 1. The average molecular weight is 429 g/mol. The van der Waals surface area contributed by atoms with Gasteiger partial charge in [-0.15, -0.1) is 0 Å². The van der Waals surface area contributed by atoms with E-state index < -0.39 is 16.1 Å². The van der Waals surface area contributed by atoms with Crippen molar-refractivity contribution in [3.8, 4) is 0 Å². The lowest BCUT2D eigenvalue weighted by Crippen LogP contribution is -2.52.